The predicted molar refractivity (Wildman–Crippen MR) is 59.7 cm³/mol. The molecular weight excluding hydrogens is 194 g/mol. The molecule has 0 saturated heterocycles. The molecule has 0 heterocycles. The van der Waals surface area contributed by atoms with E-state index in [1.807, 2.05) is 13.8 Å². The number of hydrogen-bond donors (Lipinski definition) is 1. The van der Waals surface area contributed by atoms with Gasteiger partial charge < -0.3 is 5.11 Å². The molecule has 1 rings (SSSR count). The van der Waals surface area contributed by atoms with Gasteiger partial charge in [-0.05, 0) is 12.5 Å². The number of nitro groups is 1. The summed E-state index contributed by atoms with van der Waals surface area (Å²) < 4.78 is 0. The van der Waals surface area contributed by atoms with E-state index in [-0.39, 0.29) is 5.69 Å². The van der Waals surface area contributed by atoms with E-state index in [0.717, 1.165) is 0 Å². The lowest BCUT2D eigenvalue weighted by Gasteiger charge is -2.07. The van der Waals surface area contributed by atoms with Crippen LogP contribution >= 0.6 is 0 Å². The lowest BCUT2D eigenvalue weighted by Crippen LogP contribution is -2.00. The second-order valence-corrected chi connectivity index (χ2v) is 2.74. The molecule has 4 nitrogen and oxygen atoms in total. The summed E-state index contributed by atoms with van der Waals surface area (Å²) in [6, 6.07) is 6.24. The van der Waals surface area contributed by atoms with E-state index in [2.05, 4.69) is 0 Å². The number of para-hydroxylation sites is 1. The highest BCUT2D eigenvalue weighted by molar-refractivity contribution is 5.41. The molecule has 1 unspecified atom stereocenters. The van der Waals surface area contributed by atoms with Crippen LogP contribution in [0.2, 0.25) is 0 Å². The van der Waals surface area contributed by atoms with Gasteiger partial charge in [0.05, 0.1) is 16.6 Å². The third-order valence-electron chi connectivity index (χ3n) is 1.88. The Morgan fingerprint density at radius 3 is 2.40 bits per heavy atom. The molecule has 0 amide bonds. The molecule has 1 aromatic carbocycles. The highest BCUT2D eigenvalue weighted by atomic mass is 16.6. The SMILES string of the molecule is CC.CCC(O)c1ccccc1[N+](=O)[O-]. The van der Waals surface area contributed by atoms with Crippen molar-refractivity contribution in [3.05, 3.63) is 39.9 Å². The first-order valence-corrected chi connectivity index (χ1v) is 5.08. The fourth-order valence-corrected chi connectivity index (χ4v) is 1.16. The molecule has 15 heavy (non-hydrogen) atoms. The Balaban J connectivity index is 0.000000921. The van der Waals surface area contributed by atoms with Crippen molar-refractivity contribution in [1.29, 1.82) is 0 Å². The van der Waals surface area contributed by atoms with Crippen LogP contribution in [0.4, 0.5) is 5.69 Å². The van der Waals surface area contributed by atoms with Gasteiger partial charge in [0, 0.05) is 6.07 Å². The van der Waals surface area contributed by atoms with Crippen LogP contribution in [0.5, 0.6) is 0 Å². The molecule has 0 aliphatic heterocycles. The van der Waals surface area contributed by atoms with Crippen molar-refractivity contribution in [2.45, 2.75) is 33.3 Å². The molecule has 0 radical (unpaired) electrons. The number of aliphatic hydroxyl groups excluding tert-OH is 1. The van der Waals surface area contributed by atoms with E-state index < -0.39 is 11.0 Å². The van der Waals surface area contributed by atoms with Gasteiger partial charge in [0.2, 0.25) is 0 Å². The van der Waals surface area contributed by atoms with Crippen LogP contribution in [0.15, 0.2) is 24.3 Å². The Morgan fingerprint density at radius 2 is 1.93 bits per heavy atom. The molecule has 4 heteroatoms. The monoisotopic (exact) mass is 211 g/mol. The van der Waals surface area contributed by atoms with Gasteiger partial charge >= 0.3 is 0 Å². The van der Waals surface area contributed by atoms with Crippen molar-refractivity contribution in [2.24, 2.45) is 0 Å². The summed E-state index contributed by atoms with van der Waals surface area (Å²) in [4.78, 5) is 10.1. The van der Waals surface area contributed by atoms with Crippen LogP contribution in [0.1, 0.15) is 38.9 Å². The van der Waals surface area contributed by atoms with Gasteiger partial charge in [-0.2, -0.15) is 0 Å². The molecule has 84 valence electrons. The van der Waals surface area contributed by atoms with Crippen LogP contribution in [0.25, 0.3) is 0 Å². The number of rotatable bonds is 3. The summed E-state index contributed by atoms with van der Waals surface area (Å²) >= 11 is 0. The largest absolute Gasteiger partial charge is 0.388 e. The molecule has 0 aliphatic carbocycles. The minimum absolute atomic E-state index is 0.0168. The first-order chi connectivity index (χ1) is 7.16. The normalized spacial score (nSPS) is 11.2. The van der Waals surface area contributed by atoms with E-state index in [9.17, 15) is 15.2 Å². The molecule has 0 fully saturated rings. The standard InChI is InChI=1S/C9H11NO3.C2H6/c1-2-9(11)7-5-3-4-6-8(7)10(12)13;1-2/h3-6,9,11H,2H2,1H3;1-2H3. The van der Waals surface area contributed by atoms with Crippen molar-refractivity contribution in [3.63, 3.8) is 0 Å². The first-order valence-electron chi connectivity index (χ1n) is 5.08. The maximum absolute atomic E-state index is 10.5. The summed E-state index contributed by atoms with van der Waals surface area (Å²) in [7, 11) is 0. The summed E-state index contributed by atoms with van der Waals surface area (Å²) in [6.07, 6.45) is -0.271. The van der Waals surface area contributed by atoms with Crippen molar-refractivity contribution < 1.29 is 10.0 Å². The molecule has 0 aromatic heterocycles. The molecule has 0 bridgehead atoms. The highest BCUT2D eigenvalue weighted by Gasteiger charge is 2.17. The fraction of sp³-hybridized carbons (Fsp3) is 0.455. The lowest BCUT2D eigenvalue weighted by molar-refractivity contribution is -0.386. The molecule has 0 saturated carbocycles. The van der Waals surface area contributed by atoms with Gasteiger partial charge in [0.1, 0.15) is 0 Å². The minimum Gasteiger partial charge on any atom is -0.388 e. The highest BCUT2D eigenvalue weighted by Crippen LogP contribution is 2.26. The Bertz CT molecular complexity index is 312. The second-order valence-electron chi connectivity index (χ2n) is 2.74. The van der Waals surface area contributed by atoms with E-state index in [1.54, 1.807) is 25.1 Å². The summed E-state index contributed by atoms with van der Waals surface area (Å²) in [5.74, 6) is 0. The zero-order valence-corrected chi connectivity index (χ0v) is 9.30. The topological polar surface area (TPSA) is 63.4 Å². The van der Waals surface area contributed by atoms with Gasteiger partial charge in [-0.1, -0.05) is 32.9 Å². The van der Waals surface area contributed by atoms with Crippen LogP contribution in [-0.4, -0.2) is 10.0 Å². The van der Waals surface area contributed by atoms with Crippen LogP contribution in [0.3, 0.4) is 0 Å². The number of hydrogen-bond acceptors (Lipinski definition) is 3. The smallest absolute Gasteiger partial charge is 0.275 e. The van der Waals surface area contributed by atoms with E-state index in [4.69, 9.17) is 0 Å². The second kappa shape index (κ2) is 6.95. The van der Waals surface area contributed by atoms with Crippen molar-refractivity contribution in [3.8, 4) is 0 Å². The van der Waals surface area contributed by atoms with E-state index >= 15 is 0 Å². The van der Waals surface area contributed by atoms with Gasteiger partial charge in [-0.15, -0.1) is 0 Å². The Kier molecular flexibility index (Phi) is 6.29. The van der Waals surface area contributed by atoms with Gasteiger partial charge in [0.15, 0.2) is 0 Å². The van der Waals surface area contributed by atoms with Gasteiger partial charge in [0.25, 0.3) is 5.69 Å². The van der Waals surface area contributed by atoms with E-state index in [1.165, 1.54) is 6.07 Å². The maximum atomic E-state index is 10.5. The predicted octanol–water partition coefficient (Wildman–Crippen LogP) is 3.06. The average Bonchev–Trinajstić information content (AvgIpc) is 2.30. The Morgan fingerprint density at radius 1 is 1.40 bits per heavy atom. The maximum Gasteiger partial charge on any atom is 0.275 e. The summed E-state index contributed by atoms with van der Waals surface area (Å²) in [5, 5.41) is 20.0. The van der Waals surface area contributed by atoms with Crippen LogP contribution in [0, 0.1) is 10.1 Å². The third-order valence-corrected chi connectivity index (χ3v) is 1.88. The van der Waals surface area contributed by atoms with Crippen molar-refractivity contribution in [1.82, 2.24) is 0 Å². The summed E-state index contributed by atoms with van der Waals surface area (Å²) in [5.41, 5.74) is 0.367. The molecular formula is C11H17NO3. The van der Waals surface area contributed by atoms with Crippen molar-refractivity contribution in [2.75, 3.05) is 0 Å². The zero-order valence-electron chi connectivity index (χ0n) is 9.30. The first kappa shape index (κ1) is 13.6. The quantitative estimate of drug-likeness (QED) is 0.617. The average molecular weight is 211 g/mol. The fourth-order valence-electron chi connectivity index (χ4n) is 1.16. The number of nitrogens with zero attached hydrogens (tertiary/aromatic N) is 1. The number of nitro benzene ring substituents is 1. The summed E-state index contributed by atoms with van der Waals surface area (Å²) in [6.45, 7) is 5.78. The van der Waals surface area contributed by atoms with Crippen molar-refractivity contribution >= 4 is 5.69 Å². The van der Waals surface area contributed by atoms with Gasteiger partial charge in [-0.25, -0.2) is 0 Å². The Hall–Kier alpha value is -1.42. The van der Waals surface area contributed by atoms with Crippen LogP contribution in [-0.2, 0) is 0 Å². The third kappa shape index (κ3) is 3.67. The number of aliphatic hydroxyl groups is 1. The zero-order chi connectivity index (χ0) is 11.8. The lowest BCUT2D eigenvalue weighted by atomic mass is 10.1. The minimum atomic E-state index is -0.749. The molecule has 0 spiro atoms. The van der Waals surface area contributed by atoms with E-state index in [0.29, 0.717) is 12.0 Å². The molecule has 1 aromatic rings. The Labute approximate surface area is 89.7 Å². The number of benzene rings is 1. The molecule has 0 aliphatic rings. The van der Waals surface area contributed by atoms with Gasteiger partial charge in [-0.3, -0.25) is 10.1 Å². The van der Waals surface area contributed by atoms with Crippen LogP contribution < -0.4 is 0 Å². The molecule has 1 N–H and O–H groups in total. The molecule has 1 atom stereocenters.